The van der Waals surface area contributed by atoms with Gasteiger partial charge in [-0.1, -0.05) is 58.0 Å². The average Bonchev–Trinajstić information content (AvgIpc) is 2.81. The zero-order chi connectivity index (χ0) is 17.7. The Morgan fingerprint density at radius 1 is 1.12 bits per heavy atom. The molecule has 0 atom stereocenters. The number of hydrogen-bond acceptors (Lipinski definition) is 2. The van der Waals surface area contributed by atoms with Crippen LogP contribution >= 0.6 is 0 Å². The van der Waals surface area contributed by atoms with Gasteiger partial charge in [-0.2, -0.15) is 5.10 Å². The maximum Gasteiger partial charge on any atom is 0.255 e. The van der Waals surface area contributed by atoms with Gasteiger partial charge in [0.05, 0.1) is 17.8 Å². The Balaban J connectivity index is 2.31. The van der Waals surface area contributed by atoms with Crippen LogP contribution in [0.25, 0.3) is 0 Å². The Bertz CT molecular complexity index is 672. The van der Waals surface area contributed by atoms with E-state index in [4.69, 9.17) is 5.10 Å². The van der Waals surface area contributed by atoms with Gasteiger partial charge in [-0.25, -0.2) is 0 Å². The molecule has 0 bridgehead atoms. The minimum Gasteiger partial charge on any atom is -0.352 e. The van der Waals surface area contributed by atoms with Crippen molar-refractivity contribution in [1.29, 1.82) is 0 Å². The lowest BCUT2D eigenvalue weighted by molar-refractivity contribution is 0.0947. The first-order valence-corrected chi connectivity index (χ1v) is 8.76. The van der Waals surface area contributed by atoms with Crippen LogP contribution in [0.2, 0.25) is 0 Å². The van der Waals surface area contributed by atoms with Gasteiger partial charge in [-0.05, 0) is 30.7 Å². The number of nitrogens with zero attached hydrogens (tertiary/aromatic N) is 2. The van der Waals surface area contributed by atoms with Crippen molar-refractivity contribution in [2.24, 2.45) is 11.8 Å². The fourth-order valence-electron chi connectivity index (χ4n) is 2.73. The van der Waals surface area contributed by atoms with E-state index in [2.05, 4.69) is 45.1 Å². The molecule has 2 aromatic rings. The second-order valence-corrected chi connectivity index (χ2v) is 7.25. The Morgan fingerprint density at radius 2 is 1.79 bits per heavy atom. The van der Waals surface area contributed by atoms with Crippen LogP contribution in [0.5, 0.6) is 0 Å². The molecule has 4 heteroatoms. The third kappa shape index (κ3) is 4.70. The van der Waals surface area contributed by atoms with Gasteiger partial charge < -0.3 is 5.32 Å². The van der Waals surface area contributed by atoms with Crippen LogP contribution in [0.15, 0.2) is 30.3 Å². The maximum absolute atomic E-state index is 12.7. The minimum absolute atomic E-state index is 0.00355. The van der Waals surface area contributed by atoms with Crippen molar-refractivity contribution >= 4 is 5.91 Å². The Hall–Kier alpha value is -2.10. The Labute approximate surface area is 145 Å². The zero-order valence-corrected chi connectivity index (χ0v) is 15.5. The van der Waals surface area contributed by atoms with E-state index < -0.39 is 0 Å². The van der Waals surface area contributed by atoms with E-state index in [0.29, 0.717) is 24.9 Å². The van der Waals surface area contributed by atoms with Gasteiger partial charge in [0, 0.05) is 12.2 Å². The fraction of sp³-hybridized carbons (Fsp3) is 0.500. The number of carbonyl (C=O) groups excluding carboxylic acids is 1. The molecule has 0 unspecified atom stereocenters. The summed E-state index contributed by atoms with van der Waals surface area (Å²) in [5.41, 5.74) is 3.78. The SMILES string of the molecule is Cc1c(C(=O)NCC(C)C)c(CC(C)C)nn1Cc1ccccc1. The number of aromatic nitrogens is 2. The molecule has 2 rings (SSSR count). The van der Waals surface area contributed by atoms with Crippen LogP contribution in [0.3, 0.4) is 0 Å². The average molecular weight is 327 g/mol. The molecule has 0 saturated heterocycles. The first-order valence-electron chi connectivity index (χ1n) is 8.76. The summed E-state index contributed by atoms with van der Waals surface area (Å²) < 4.78 is 1.96. The van der Waals surface area contributed by atoms with E-state index >= 15 is 0 Å². The highest BCUT2D eigenvalue weighted by molar-refractivity contribution is 5.96. The van der Waals surface area contributed by atoms with Crippen LogP contribution in [0, 0.1) is 18.8 Å². The largest absolute Gasteiger partial charge is 0.352 e. The molecule has 0 fully saturated rings. The molecule has 0 radical (unpaired) electrons. The molecule has 0 aliphatic heterocycles. The molecule has 0 spiro atoms. The molecule has 1 aromatic carbocycles. The molecule has 0 saturated carbocycles. The first kappa shape index (κ1) is 18.2. The predicted molar refractivity (Wildman–Crippen MR) is 98.2 cm³/mol. The van der Waals surface area contributed by atoms with Gasteiger partial charge in [0.2, 0.25) is 0 Å². The number of amides is 1. The van der Waals surface area contributed by atoms with E-state index in [0.717, 1.165) is 23.4 Å². The van der Waals surface area contributed by atoms with E-state index in [9.17, 15) is 4.79 Å². The van der Waals surface area contributed by atoms with Crippen LogP contribution < -0.4 is 5.32 Å². The fourth-order valence-corrected chi connectivity index (χ4v) is 2.73. The molecule has 130 valence electrons. The minimum atomic E-state index is -0.00355. The van der Waals surface area contributed by atoms with Crippen LogP contribution in [-0.4, -0.2) is 22.2 Å². The summed E-state index contributed by atoms with van der Waals surface area (Å²) in [7, 11) is 0. The second-order valence-electron chi connectivity index (χ2n) is 7.25. The van der Waals surface area contributed by atoms with Crippen LogP contribution in [-0.2, 0) is 13.0 Å². The van der Waals surface area contributed by atoms with Crippen LogP contribution in [0.1, 0.15) is 55.0 Å². The number of benzene rings is 1. The lowest BCUT2D eigenvalue weighted by Crippen LogP contribution is -2.28. The number of carbonyl (C=O) groups is 1. The van der Waals surface area contributed by atoms with Crippen molar-refractivity contribution in [3.8, 4) is 0 Å². The quantitative estimate of drug-likeness (QED) is 0.840. The third-order valence-electron chi connectivity index (χ3n) is 3.95. The van der Waals surface area contributed by atoms with Gasteiger partial charge in [0.15, 0.2) is 0 Å². The molecule has 1 heterocycles. The monoisotopic (exact) mass is 327 g/mol. The Kier molecular flexibility index (Phi) is 6.18. The normalized spacial score (nSPS) is 11.3. The lowest BCUT2D eigenvalue weighted by Gasteiger charge is -2.09. The second kappa shape index (κ2) is 8.13. The maximum atomic E-state index is 12.7. The van der Waals surface area contributed by atoms with Crippen molar-refractivity contribution < 1.29 is 4.79 Å². The smallest absolute Gasteiger partial charge is 0.255 e. The van der Waals surface area contributed by atoms with Crippen molar-refractivity contribution in [3.63, 3.8) is 0 Å². The lowest BCUT2D eigenvalue weighted by atomic mass is 10.0. The molecular weight excluding hydrogens is 298 g/mol. The molecule has 0 aliphatic rings. The van der Waals surface area contributed by atoms with Gasteiger partial charge in [0.25, 0.3) is 5.91 Å². The van der Waals surface area contributed by atoms with E-state index in [1.54, 1.807) is 0 Å². The van der Waals surface area contributed by atoms with Gasteiger partial charge in [0.1, 0.15) is 0 Å². The van der Waals surface area contributed by atoms with Gasteiger partial charge >= 0.3 is 0 Å². The molecule has 0 aliphatic carbocycles. The summed E-state index contributed by atoms with van der Waals surface area (Å²) in [6.45, 7) is 11.9. The first-order chi connectivity index (χ1) is 11.4. The standard InChI is InChI=1S/C20H29N3O/c1-14(2)11-18-19(20(24)21-12-15(3)4)16(5)23(22-18)13-17-9-7-6-8-10-17/h6-10,14-15H,11-13H2,1-5H3,(H,21,24). The number of rotatable bonds is 7. The summed E-state index contributed by atoms with van der Waals surface area (Å²) in [5, 5.41) is 7.79. The molecule has 24 heavy (non-hydrogen) atoms. The summed E-state index contributed by atoms with van der Waals surface area (Å²) in [6, 6.07) is 10.2. The summed E-state index contributed by atoms with van der Waals surface area (Å²) in [4.78, 5) is 12.7. The molecule has 1 amide bonds. The van der Waals surface area contributed by atoms with Crippen molar-refractivity contribution in [2.75, 3.05) is 6.54 Å². The van der Waals surface area contributed by atoms with Gasteiger partial charge in [-0.3, -0.25) is 9.48 Å². The zero-order valence-electron chi connectivity index (χ0n) is 15.5. The van der Waals surface area contributed by atoms with Crippen molar-refractivity contribution in [3.05, 3.63) is 52.8 Å². The van der Waals surface area contributed by atoms with Crippen LogP contribution in [0.4, 0.5) is 0 Å². The number of hydrogen-bond donors (Lipinski definition) is 1. The van der Waals surface area contributed by atoms with Gasteiger partial charge in [-0.15, -0.1) is 0 Å². The summed E-state index contributed by atoms with van der Waals surface area (Å²) in [5.74, 6) is 0.888. The topological polar surface area (TPSA) is 46.9 Å². The van der Waals surface area contributed by atoms with Crippen molar-refractivity contribution in [1.82, 2.24) is 15.1 Å². The molecule has 1 aromatic heterocycles. The summed E-state index contributed by atoms with van der Waals surface area (Å²) >= 11 is 0. The molecular formula is C20H29N3O. The predicted octanol–water partition coefficient (Wildman–Crippen LogP) is 3.82. The highest BCUT2D eigenvalue weighted by atomic mass is 16.1. The molecule has 1 N–H and O–H groups in total. The van der Waals surface area contributed by atoms with E-state index in [-0.39, 0.29) is 5.91 Å². The highest BCUT2D eigenvalue weighted by Gasteiger charge is 2.21. The Morgan fingerprint density at radius 3 is 2.38 bits per heavy atom. The van der Waals surface area contributed by atoms with E-state index in [1.165, 1.54) is 5.56 Å². The highest BCUT2D eigenvalue weighted by Crippen LogP contribution is 2.19. The molecule has 4 nitrogen and oxygen atoms in total. The van der Waals surface area contributed by atoms with Crippen molar-refractivity contribution in [2.45, 2.75) is 47.6 Å². The third-order valence-corrected chi connectivity index (χ3v) is 3.95. The number of nitrogens with one attached hydrogen (secondary N) is 1. The van der Waals surface area contributed by atoms with E-state index in [1.807, 2.05) is 29.8 Å². The summed E-state index contributed by atoms with van der Waals surface area (Å²) in [6.07, 6.45) is 0.813.